The first-order valence-electron chi connectivity index (χ1n) is 2.25. The summed E-state index contributed by atoms with van der Waals surface area (Å²) in [5.41, 5.74) is 0. The van der Waals surface area contributed by atoms with Crippen molar-refractivity contribution in [3.63, 3.8) is 0 Å². The van der Waals surface area contributed by atoms with E-state index in [0.717, 1.165) is 6.39 Å². The van der Waals surface area contributed by atoms with Crippen LogP contribution in [0.4, 0.5) is 0 Å². The van der Waals surface area contributed by atoms with Crippen LogP contribution in [0.3, 0.4) is 0 Å². The molecule has 0 bridgehead atoms. The monoisotopic (exact) mass is 182 g/mol. The predicted molar refractivity (Wildman–Crippen MR) is 32.8 cm³/mol. The highest BCUT2D eigenvalue weighted by Gasteiger charge is 2.09. The van der Waals surface area contributed by atoms with E-state index in [0.29, 0.717) is 0 Å². The minimum absolute atomic E-state index is 0.0648. The van der Waals surface area contributed by atoms with Gasteiger partial charge < -0.3 is 4.52 Å². The highest BCUT2D eigenvalue weighted by molar-refractivity contribution is 8.13. The Hall–Kier alpha value is -0.620. The Labute approximate surface area is 61.4 Å². The van der Waals surface area contributed by atoms with Crippen molar-refractivity contribution < 1.29 is 12.9 Å². The van der Waals surface area contributed by atoms with Crippen LogP contribution < -0.4 is 0 Å². The summed E-state index contributed by atoms with van der Waals surface area (Å²) in [6, 6.07) is 0. The van der Waals surface area contributed by atoms with Gasteiger partial charge in [-0.25, -0.2) is 8.42 Å². The van der Waals surface area contributed by atoms with Crippen molar-refractivity contribution in [3.05, 3.63) is 12.2 Å². The van der Waals surface area contributed by atoms with E-state index < -0.39 is 14.8 Å². The second-order valence-corrected chi connectivity index (χ2v) is 4.31. The Morgan fingerprint density at radius 2 is 2.40 bits per heavy atom. The topological polar surface area (TPSA) is 73.1 Å². The van der Waals surface area contributed by atoms with E-state index >= 15 is 0 Å². The molecule has 0 unspecified atom stereocenters. The van der Waals surface area contributed by atoms with Crippen molar-refractivity contribution in [1.29, 1.82) is 0 Å². The largest absolute Gasteiger partial charge is 0.343 e. The Morgan fingerprint density at radius 1 is 1.70 bits per heavy atom. The van der Waals surface area contributed by atoms with Crippen molar-refractivity contribution in [2.45, 2.75) is 5.75 Å². The highest BCUT2D eigenvalue weighted by Crippen LogP contribution is 2.03. The fourth-order valence-electron chi connectivity index (χ4n) is 0.410. The molecular weight excluding hydrogens is 180 g/mol. The molecule has 0 spiro atoms. The third-order valence-corrected chi connectivity index (χ3v) is 1.64. The van der Waals surface area contributed by atoms with E-state index in [4.69, 9.17) is 10.7 Å². The van der Waals surface area contributed by atoms with Gasteiger partial charge in [0.05, 0.1) is 0 Å². The van der Waals surface area contributed by atoms with Gasteiger partial charge in [0.15, 0.2) is 5.82 Å². The molecule has 0 aliphatic heterocycles. The van der Waals surface area contributed by atoms with Gasteiger partial charge in [-0.2, -0.15) is 4.98 Å². The third kappa shape index (κ3) is 2.32. The van der Waals surface area contributed by atoms with Gasteiger partial charge in [-0.05, 0) is 0 Å². The number of hydrogen-bond donors (Lipinski definition) is 0. The van der Waals surface area contributed by atoms with Crippen LogP contribution in [0.2, 0.25) is 0 Å². The molecular formula is C3H3ClN2O3S. The summed E-state index contributed by atoms with van der Waals surface area (Å²) in [5, 5.41) is 3.25. The van der Waals surface area contributed by atoms with Gasteiger partial charge in [0.25, 0.3) is 0 Å². The normalized spacial score (nSPS) is 11.7. The van der Waals surface area contributed by atoms with Crippen LogP contribution in [0.15, 0.2) is 10.9 Å². The van der Waals surface area contributed by atoms with Crippen LogP contribution >= 0.6 is 10.7 Å². The first-order chi connectivity index (χ1) is 4.58. The molecule has 0 amide bonds. The molecule has 56 valence electrons. The van der Waals surface area contributed by atoms with Crippen molar-refractivity contribution in [2.75, 3.05) is 0 Å². The minimum atomic E-state index is -3.56. The van der Waals surface area contributed by atoms with Crippen molar-refractivity contribution in [2.24, 2.45) is 0 Å². The van der Waals surface area contributed by atoms with E-state index in [1.54, 1.807) is 0 Å². The SMILES string of the molecule is O=S(=O)(Cl)Cc1ncon1. The zero-order valence-electron chi connectivity index (χ0n) is 4.69. The molecule has 0 aromatic carbocycles. The molecule has 0 aliphatic carbocycles. The molecule has 1 rings (SSSR count). The first-order valence-corrected chi connectivity index (χ1v) is 4.73. The van der Waals surface area contributed by atoms with Crippen LogP contribution in [-0.4, -0.2) is 18.6 Å². The highest BCUT2D eigenvalue weighted by atomic mass is 35.7. The fraction of sp³-hybridized carbons (Fsp3) is 0.333. The molecule has 0 aliphatic rings. The molecule has 1 aromatic heterocycles. The quantitative estimate of drug-likeness (QED) is 0.609. The van der Waals surface area contributed by atoms with Gasteiger partial charge in [0.2, 0.25) is 15.4 Å². The lowest BCUT2D eigenvalue weighted by Crippen LogP contribution is -1.96. The van der Waals surface area contributed by atoms with Crippen molar-refractivity contribution in [3.8, 4) is 0 Å². The smallest absolute Gasteiger partial charge is 0.240 e. The molecule has 10 heavy (non-hydrogen) atoms. The van der Waals surface area contributed by atoms with Gasteiger partial charge in [-0.15, -0.1) is 0 Å². The van der Waals surface area contributed by atoms with E-state index in [9.17, 15) is 8.42 Å². The zero-order chi connectivity index (χ0) is 7.61. The first kappa shape index (κ1) is 7.49. The summed E-state index contributed by atoms with van der Waals surface area (Å²) in [7, 11) is 1.32. The van der Waals surface area contributed by atoms with Crippen molar-refractivity contribution in [1.82, 2.24) is 10.1 Å². The third-order valence-electron chi connectivity index (χ3n) is 0.708. The molecule has 0 N–H and O–H groups in total. The van der Waals surface area contributed by atoms with Crippen LogP contribution in [0.5, 0.6) is 0 Å². The maximum atomic E-state index is 10.3. The van der Waals surface area contributed by atoms with Crippen LogP contribution in [0, 0.1) is 0 Å². The van der Waals surface area contributed by atoms with Gasteiger partial charge in [-0.3, -0.25) is 0 Å². The van der Waals surface area contributed by atoms with Gasteiger partial charge in [-0.1, -0.05) is 5.16 Å². The molecule has 0 saturated heterocycles. The molecule has 1 aromatic rings. The molecule has 0 radical (unpaired) electrons. The van der Waals surface area contributed by atoms with Gasteiger partial charge in [0, 0.05) is 10.7 Å². The average Bonchev–Trinajstić information content (AvgIpc) is 2.12. The summed E-state index contributed by atoms with van der Waals surface area (Å²) in [5.74, 6) is -0.333. The summed E-state index contributed by atoms with van der Waals surface area (Å²) in [6.07, 6.45) is 1.04. The number of hydrogen-bond acceptors (Lipinski definition) is 5. The fourth-order valence-corrected chi connectivity index (χ4v) is 1.14. The Balaban J connectivity index is 2.75. The Bertz CT molecular complexity index is 292. The second kappa shape index (κ2) is 2.55. The molecule has 5 nitrogen and oxygen atoms in total. The molecule has 0 saturated carbocycles. The molecule has 0 atom stereocenters. The standard InChI is InChI=1S/C3H3ClN2O3S/c4-10(7,8)1-3-5-2-9-6-3/h2H,1H2. The van der Waals surface area contributed by atoms with E-state index in [1.165, 1.54) is 0 Å². The van der Waals surface area contributed by atoms with Crippen molar-refractivity contribution >= 4 is 19.7 Å². The Kier molecular flexibility index (Phi) is 1.91. The van der Waals surface area contributed by atoms with E-state index in [2.05, 4.69) is 14.7 Å². The summed E-state index contributed by atoms with van der Waals surface area (Å²) in [4.78, 5) is 3.46. The van der Waals surface area contributed by atoms with E-state index in [-0.39, 0.29) is 5.82 Å². The number of aromatic nitrogens is 2. The van der Waals surface area contributed by atoms with Gasteiger partial charge >= 0.3 is 0 Å². The predicted octanol–water partition coefficient (Wildman–Crippen LogP) is 0.138. The number of rotatable bonds is 2. The maximum Gasteiger partial charge on any atom is 0.240 e. The lowest BCUT2D eigenvalue weighted by Gasteiger charge is -1.84. The average molecular weight is 183 g/mol. The minimum Gasteiger partial charge on any atom is -0.343 e. The maximum absolute atomic E-state index is 10.3. The summed E-state index contributed by atoms with van der Waals surface area (Å²) in [6.45, 7) is 0. The van der Waals surface area contributed by atoms with Crippen LogP contribution in [0.1, 0.15) is 5.82 Å². The molecule has 7 heteroatoms. The van der Waals surface area contributed by atoms with Gasteiger partial charge in [0.1, 0.15) is 5.75 Å². The summed E-state index contributed by atoms with van der Waals surface area (Å²) >= 11 is 0. The lowest BCUT2D eigenvalue weighted by molar-refractivity contribution is 0.412. The van der Waals surface area contributed by atoms with Crippen LogP contribution in [0.25, 0.3) is 0 Å². The molecule has 0 fully saturated rings. The zero-order valence-corrected chi connectivity index (χ0v) is 6.26. The Morgan fingerprint density at radius 3 is 2.80 bits per heavy atom. The lowest BCUT2D eigenvalue weighted by atomic mass is 10.7. The number of halogens is 1. The molecule has 1 heterocycles. The second-order valence-electron chi connectivity index (χ2n) is 1.53. The summed E-state index contributed by atoms with van der Waals surface area (Å²) < 4.78 is 25.0. The number of nitrogens with zero attached hydrogens (tertiary/aromatic N) is 2. The van der Waals surface area contributed by atoms with E-state index in [1.807, 2.05) is 0 Å². The van der Waals surface area contributed by atoms with Crippen LogP contribution in [-0.2, 0) is 14.8 Å².